The van der Waals surface area contributed by atoms with Crippen molar-refractivity contribution in [1.29, 1.82) is 0 Å². The van der Waals surface area contributed by atoms with Gasteiger partial charge in [-0.3, -0.25) is 4.79 Å². The van der Waals surface area contributed by atoms with Gasteiger partial charge in [0.15, 0.2) is 0 Å². The maximum Gasteiger partial charge on any atom is 0.222 e. The van der Waals surface area contributed by atoms with Crippen LogP contribution in [0.15, 0.2) is 0 Å². The van der Waals surface area contributed by atoms with E-state index in [1.165, 1.54) is 19.4 Å². The summed E-state index contributed by atoms with van der Waals surface area (Å²) in [7, 11) is 3.65. The molecule has 1 heterocycles. The molecule has 0 unspecified atom stereocenters. The van der Waals surface area contributed by atoms with Crippen molar-refractivity contribution in [3.05, 3.63) is 6.92 Å². The lowest BCUT2D eigenvalue weighted by Gasteiger charge is -2.31. The molecule has 1 atom stereocenters. The summed E-state index contributed by atoms with van der Waals surface area (Å²) in [5.74, 6) is 0.950. The van der Waals surface area contributed by atoms with E-state index >= 15 is 0 Å². The molecule has 0 saturated carbocycles. The second-order valence-electron chi connectivity index (χ2n) is 4.64. The third-order valence-electron chi connectivity index (χ3n) is 3.18. The van der Waals surface area contributed by atoms with Crippen molar-refractivity contribution in [2.24, 2.45) is 5.92 Å². The molecular formula is C12H23N2O. The predicted octanol–water partition coefficient (Wildman–Crippen LogP) is 1.40. The predicted molar refractivity (Wildman–Crippen MR) is 62.4 cm³/mol. The van der Waals surface area contributed by atoms with Gasteiger partial charge < -0.3 is 9.80 Å². The molecule has 15 heavy (non-hydrogen) atoms. The van der Waals surface area contributed by atoms with Crippen LogP contribution in [0, 0.1) is 12.8 Å². The number of hydrogen-bond acceptors (Lipinski definition) is 2. The zero-order chi connectivity index (χ0) is 11.3. The minimum atomic E-state index is 0.252. The Kier molecular flexibility index (Phi) is 5.09. The van der Waals surface area contributed by atoms with E-state index in [1.54, 1.807) is 4.90 Å². The Morgan fingerprint density at radius 2 is 2.27 bits per heavy atom. The van der Waals surface area contributed by atoms with Gasteiger partial charge in [-0.25, -0.2) is 0 Å². The fourth-order valence-corrected chi connectivity index (χ4v) is 2.14. The number of carbonyl (C=O) groups is 1. The fourth-order valence-electron chi connectivity index (χ4n) is 2.14. The standard InChI is InChI=1S/C12H23N2O/c1-4-14-9-5-6-11(10-14)7-8-12(15)13(2)3/h11H,1,4-10H2,2-3H3/t11-/m0/s1. The topological polar surface area (TPSA) is 23.6 Å². The molecule has 1 fully saturated rings. The van der Waals surface area contributed by atoms with Gasteiger partial charge in [-0.2, -0.15) is 0 Å². The maximum atomic E-state index is 11.4. The minimum Gasteiger partial charge on any atom is -0.349 e. The summed E-state index contributed by atoms with van der Waals surface area (Å²) in [4.78, 5) is 15.5. The monoisotopic (exact) mass is 211 g/mol. The van der Waals surface area contributed by atoms with Crippen LogP contribution in [0.4, 0.5) is 0 Å². The Morgan fingerprint density at radius 3 is 2.87 bits per heavy atom. The Balaban J connectivity index is 2.23. The molecule has 0 N–H and O–H groups in total. The Bertz CT molecular complexity index is 204. The lowest BCUT2D eigenvalue weighted by molar-refractivity contribution is -0.129. The summed E-state index contributed by atoms with van der Waals surface area (Å²) >= 11 is 0. The third-order valence-corrected chi connectivity index (χ3v) is 3.18. The first-order chi connectivity index (χ1) is 7.13. The van der Waals surface area contributed by atoms with Gasteiger partial charge in [0.05, 0.1) is 0 Å². The number of nitrogens with zero attached hydrogens (tertiary/aromatic N) is 2. The second kappa shape index (κ2) is 6.11. The number of rotatable bonds is 4. The van der Waals surface area contributed by atoms with Gasteiger partial charge in [0, 0.05) is 27.1 Å². The summed E-state index contributed by atoms with van der Waals surface area (Å²) in [6, 6.07) is 0. The first kappa shape index (κ1) is 12.5. The van der Waals surface area contributed by atoms with Crippen molar-refractivity contribution in [3.63, 3.8) is 0 Å². The van der Waals surface area contributed by atoms with E-state index in [-0.39, 0.29) is 5.91 Å². The molecular weight excluding hydrogens is 188 g/mol. The van der Waals surface area contributed by atoms with Gasteiger partial charge in [0.25, 0.3) is 0 Å². The molecule has 3 nitrogen and oxygen atoms in total. The summed E-state index contributed by atoms with van der Waals surface area (Å²) in [5.41, 5.74) is 0. The van der Waals surface area contributed by atoms with Crippen LogP contribution >= 0.6 is 0 Å². The molecule has 0 aliphatic carbocycles. The zero-order valence-corrected chi connectivity index (χ0v) is 10.0. The lowest BCUT2D eigenvalue weighted by Crippen LogP contribution is -2.35. The highest BCUT2D eigenvalue weighted by atomic mass is 16.2. The molecule has 0 spiro atoms. The Labute approximate surface area is 93.4 Å². The highest BCUT2D eigenvalue weighted by Gasteiger charge is 2.19. The van der Waals surface area contributed by atoms with E-state index in [9.17, 15) is 4.79 Å². The summed E-state index contributed by atoms with van der Waals surface area (Å²) < 4.78 is 0. The maximum absolute atomic E-state index is 11.4. The molecule has 1 aliphatic rings. The summed E-state index contributed by atoms with van der Waals surface area (Å²) in [6.45, 7) is 7.13. The minimum absolute atomic E-state index is 0.252. The van der Waals surface area contributed by atoms with Crippen LogP contribution in [-0.4, -0.2) is 49.4 Å². The van der Waals surface area contributed by atoms with Crippen molar-refractivity contribution >= 4 is 5.91 Å². The highest BCUT2D eigenvalue weighted by Crippen LogP contribution is 2.20. The van der Waals surface area contributed by atoms with Gasteiger partial charge >= 0.3 is 0 Å². The van der Waals surface area contributed by atoms with Crippen LogP contribution in [0.3, 0.4) is 0 Å². The first-order valence-electron chi connectivity index (χ1n) is 5.85. The van der Waals surface area contributed by atoms with E-state index < -0.39 is 0 Å². The average molecular weight is 211 g/mol. The number of likely N-dealkylation sites (tertiary alicyclic amines) is 1. The smallest absolute Gasteiger partial charge is 0.222 e. The summed E-state index contributed by atoms with van der Waals surface area (Å²) in [5, 5.41) is 0. The number of hydrogen-bond donors (Lipinski definition) is 0. The van der Waals surface area contributed by atoms with E-state index in [2.05, 4.69) is 11.8 Å². The molecule has 87 valence electrons. The highest BCUT2D eigenvalue weighted by molar-refractivity contribution is 5.75. The van der Waals surface area contributed by atoms with Crippen molar-refractivity contribution < 1.29 is 4.79 Å². The largest absolute Gasteiger partial charge is 0.349 e. The Morgan fingerprint density at radius 1 is 1.53 bits per heavy atom. The van der Waals surface area contributed by atoms with E-state index in [1.807, 2.05) is 14.1 Å². The van der Waals surface area contributed by atoms with E-state index in [0.717, 1.165) is 19.5 Å². The molecule has 1 amide bonds. The molecule has 1 aliphatic heterocycles. The van der Waals surface area contributed by atoms with Crippen molar-refractivity contribution in [2.45, 2.75) is 25.7 Å². The van der Waals surface area contributed by atoms with Crippen LogP contribution in [0.2, 0.25) is 0 Å². The van der Waals surface area contributed by atoms with Crippen molar-refractivity contribution in [3.8, 4) is 0 Å². The van der Waals surface area contributed by atoms with Crippen LogP contribution < -0.4 is 0 Å². The van der Waals surface area contributed by atoms with Gasteiger partial charge in [0.1, 0.15) is 0 Å². The van der Waals surface area contributed by atoms with Gasteiger partial charge in [-0.1, -0.05) is 0 Å². The third kappa shape index (κ3) is 4.20. The van der Waals surface area contributed by atoms with Crippen LogP contribution in [0.5, 0.6) is 0 Å². The molecule has 0 aromatic rings. The number of piperidine rings is 1. The van der Waals surface area contributed by atoms with Crippen LogP contribution in [0.1, 0.15) is 25.7 Å². The normalized spacial score (nSPS) is 22.7. The van der Waals surface area contributed by atoms with E-state index in [4.69, 9.17) is 0 Å². The lowest BCUT2D eigenvalue weighted by atomic mass is 9.93. The Hall–Kier alpha value is -0.570. The SMILES string of the molecule is [CH2]CN1CCC[C@@H](CCC(=O)N(C)C)C1. The van der Waals surface area contributed by atoms with E-state index in [0.29, 0.717) is 12.3 Å². The molecule has 0 aromatic heterocycles. The average Bonchev–Trinajstić information content (AvgIpc) is 2.26. The summed E-state index contributed by atoms with van der Waals surface area (Å²) in [6.07, 6.45) is 4.27. The quantitative estimate of drug-likeness (QED) is 0.702. The van der Waals surface area contributed by atoms with Crippen molar-refractivity contribution in [1.82, 2.24) is 9.80 Å². The zero-order valence-electron chi connectivity index (χ0n) is 10.0. The molecule has 1 radical (unpaired) electrons. The molecule has 1 rings (SSSR count). The molecule has 0 aromatic carbocycles. The van der Waals surface area contributed by atoms with Crippen LogP contribution in [0.25, 0.3) is 0 Å². The fraction of sp³-hybridized carbons (Fsp3) is 0.833. The molecule has 1 saturated heterocycles. The number of amides is 1. The van der Waals surface area contributed by atoms with Crippen molar-refractivity contribution in [2.75, 3.05) is 33.7 Å². The molecule has 0 bridgehead atoms. The second-order valence-corrected chi connectivity index (χ2v) is 4.64. The van der Waals surface area contributed by atoms with Crippen LogP contribution in [-0.2, 0) is 4.79 Å². The first-order valence-corrected chi connectivity index (χ1v) is 5.85. The number of carbonyl (C=O) groups excluding carboxylic acids is 1. The molecule has 3 heteroatoms. The van der Waals surface area contributed by atoms with Gasteiger partial charge in [0.2, 0.25) is 5.91 Å². The van der Waals surface area contributed by atoms with Gasteiger partial charge in [-0.05, 0) is 45.2 Å². The van der Waals surface area contributed by atoms with Gasteiger partial charge in [-0.15, -0.1) is 0 Å².